The van der Waals surface area contributed by atoms with E-state index in [1.54, 1.807) is 18.2 Å². The van der Waals surface area contributed by atoms with Gasteiger partial charge in [0.15, 0.2) is 0 Å². The Hall–Kier alpha value is -2.30. The summed E-state index contributed by atoms with van der Waals surface area (Å²) in [6.07, 6.45) is 1.50. The average Bonchev–Trinajstić information content (AvgIpc) is 2.17. The van der Waals surface area contributed by atoms with Gasteiger partial charge in [-0.2, -0.15) is 0 Å². The van der Waals surface area contributed by atoms with Gasteiger partial charge in [-0.25, -0.2) is 4.79 Å². The fourth-order valence-corrected chi connectivity index (χ4v) is 1.49. The molecule has 2 rings (SSSR count). The fourth-order valence-electron chi connectivity index (χ4n) is 1.49. The van der Waals surface area contributed by atoms with E-state index >= 15 is 0 Å². The Balaban J connectivity index is 3.03. The largest absolute Gasteiger partial charge is 0.478 e. The maximum atomic E-state index is 11.5. The summed E-state index contributed by atoms with van der Waals surface area (Å²) < 4.78 is 1.25. The standard InChI is InChI=1S/C10H8N2O3/c11-6-5-8(13)12-4-2-1-3-7(12)9(6)10(14)15/h1-5H,11H2,(H,14,15). The minimum Gasteiger partial charge on any atom is -0.478 e. The topological polar surface area (TPSA) is 84.8 Å². The second-order valence-electron chi connectivity index (χ2n) is 3.07. The average molecular weight is 204 g/mol. The number of fused-ring (bicyclic) bond motifs is 1. The molecule has 0 aliphatic heterocycles. The van der Waals surface area contributed by atoms with Crippen molar-refractivity contribution < 1.29 is 9.90 Å². The van der Waals surface area contributed by atoms with Crippen molar-refractivity contribution in [1.29, 1.82) is 0 Å². The molecule has 5 nitrogen and oxygen atoms in total. The maximum absolute atomic E-state index is 11.5. The van der Waals surface area contributed by atoms with Crippen LogP contribution in [0.25, 0.3) is 5.52 Å². The van der Waals surface area contributed by atoms with Gasteiger partial charge in [0.05, 0.1) is 11.2 Å². The highest BCUT2D eigenvalue weighted by molar-refractivity contribution is 6.00. The number of carboxylic acids is 1. The first-order chi connectivity index (χ1) is 7.11. The van der Waals surface area contributed by atoms with Gasteiger partial charge in [0.25, 0.3) is 5.56 Å². The number of anilines is 1. The van der Waals surface area contributed by atoms with Crippen molar-refractivity contribution in [3.8, 4) is 0 Å². The number of rotatable bonds is 1. The molecule has 2 aromatic rings. The van der Waals surface area contributed by atoms with Crippen molar-refractivity contribution in [1.82, 2.24) is 4.40 Å². The lowest BCUT2D eigenvalue weighted by atomic mass is 10.1. The van der Waals surface area contributed by atoms with E-state index in [0.717, 1.165) is 6.07 Å². The van der Waals surface area contributed by atoms with Crippen molar-refractivity contribution >= 4 is 17.2 Å². The van der Waals surface area contributed by atoms with Gasteiger partial charge in [0.1, 0.15) is 5.56 Å². The van der Waals surface area contributed by atoms with Crippen LogP contribution in [0.15, 0.2) is 35.3 Å². The Kier molecular flexibility index (Phi) is 1.93. The third kappa shape index (κ3) is 1.34. The number of aromatic carboxylic acids is 1. The number of pyridine rings is 2. The molecular formula is C10H8N2O3. The van der Waals surface area contributed by atoms with E-state index in [2.05, 4.69) is 0 Å². The number of hydrogen-bond acceptors (Lipinski definition) is 3. The normalized spacial score (nSPS) is 10.4. The second kappa shape index (κ2) is 3.13. The zero-order chi connectivity index (χ0) is 11.0. The number of carboxylic acid groups (broad SMARTS) is 1. The molecule has 0 saturated heterocycles. The molecule has 0 aliphatic rings. The Bertz CT molecular complexity index is 601. The first-order valence-electron chi connectivity index (χ1n) is 4.24. The molecule has 15 heavy (non-hydrogen) atoms. The van der Waals surface area contributed by atoms with Crippen molar-refractivity contribution in [3.05, 3.63) is 46.4 Å². The van der Waals surface area contributed by atoms with Crippen LogP contribution < -0.4 is 11.3 Å². The van der Waals surface area contributed by atoms with Crippen LogP contribution in [-0.4, -0.2) is 15.5 Å². The van der Waals surface area contributed by atoms with Gasteiger partial charge in [-0.05, 0) is 12.1 Å². The molecule has 3 N–H and O–H groups in total. The molecule has 76 valence electrons. The number of nitrogen functional groups attached to an aromatic ring is 1. The molecule has 2 heterocycles. The van der Waals surface area contributed by atoms with Crippen LogP contribution in [0.4, 0.5) is 5.69 Å². The molecule has 0 radical (unpaired) electrons. The van der Waals surface area contributed by atoms with E-state index in [1.165, 1.54) is 10.6 Å². The number of hydrogen-bond donors (Lipinski definition) is 2. The SMILES string of the molecule is Nc1cc(=O)n2ccccc2c1C(=O)O. The summed E-state index contributed by atoms with van der Waals surface area (Å²) in [4.78, 5) is 22.4. The quantitative estimate of drug-likeness (QED) is 0.711. The summed E-state index contributed by atoms with van der Waals surface area (Å²) in [5.41, 5.74) is 5.39. The van der Waals surface area contributed by atoms with Crippen LogP contribution in [0, 0.1) is 0 Å². The summed E-state index contributed by atoms with van der Waals surface area (Å²) >= 11 is 0. The zero-order valence-corrected chi connectivity index (χ0v) is 7.68. The van der Waals surface area contributed by atoms with E-state index in [9.17, 15) is 9.59 Å². The van der Waals surface area contributed by atoms with Crippen molar-refractivity contribution in [2.45, 2.75) is 0 Å². The van der Waals surface area contributed by atoms with Gasteiger partial charge < -0.3 is 10.8 Å². The number of nitrogens with two attached hydrogens (primary N) is 1. The van der Waals surface area contributed by atoms with E-state index in [4.69, 9.17) is 10.8 Å². The molecular weight excluding hydrogens is 196 g/mol. The summed E-state index contributed by atoms with van der Waals surface area (Å²) in [7, 11) is 0. The Morgan fingerprint density at radius 3 is 2.80 bits per heavy atom. The molecule has 0 saturated carbocycles. The molecule has 0 aromatic carbocycles. The van der Waals surface area contributed by atoms with Crippen molar-refractivity contribution in [2.24, 2.45) is 0 Å². The Morgan fingerprint density at radius 2 is 2.13 bits per heavy atom. The lowest BCUT2D eigenvalue weighted by Gasteiger charge is -2.06. The molecule has 0 fully saturated rings. The van der Waals surface area contributed by atoms with Gasteiger partial charge in [0.2, 0.25) is 0 Å². The smallest absolute Gasteiger partial charge is 0.339 e. The maximum Gasteiger partial charge on any atom is 0.339 e. The number of aromatic nitrogens is 1. The predicted octanol–water partition coefficient (Wildman–Crippen LogP) is 0.580. The predicted molar refractivity (Wildman–Crippen MR) is 55.0 cm³/mol. The second-order valence-corrected chi connectivity index (χ2v) is 3.07. The summed E-state index contributed by atoms with van der Waals surface area (Å²) in [5.74, 6) is -1.14. The molecule has 2 aromatic heterocycles. The van der Waals surface area contributed by atoms with Crippen molar-refractivity contribution in [2.75, 3.05) is 5.73 Å². The van der Waals surface area contributed by atoms with Crippen LogP contribution >= 0.6 is 0 Å². The van der Waals surface area contributed by atoms with Gasteiger partial charge in [-0.15, -0.1) is 0 Å². The highest BCUT2D eigenvalue weighted by Gasteiger charge is 2.13. The number of nitrogens with zero attached hydrogens (tertiary/aromatic N) is 1. The molecule has 0 unspecified atom stereocenters. The van der Waals surface area contributed by atoms with Crippen LogP contribution in [0.1, 0.15) is 10.4 Å². The minimum atomic E-state index is -1.14. The van der Waals surface area contributed by atoms with E-state index < -0.39 is 5.97 Å². The minimum absolute atomic E-state index is 0.0151. The van der Waals surface area contributed by atoms with Crippen LogP contribution in [-0.2, 0) is 0 Å². The van der Waals surface area contributed by atoms with Gasteiger partial charge in [-0.3, -0.25) is 9.20 Å². The third-order valence-electron chi connectivity index (χ3n) is 2.13. The molecule has 0 aliphatic carbocycles. The van der Waals surface area contributed by atoms with E-state index in [-0.39, 0.29) is 16.8 Å². The van der Waals surface area contributed by atoms with Gasteiger partial charge in [-0.1, -0.05) is 6.07 Å². The Labute approximate surface area is 84.4 Å². The van der Waals surface area contributed by atoms with Gasteiger partial charge in [0, 0.05) is 12.3 Å². The van der Waals surface area contributed by atoms with Crippen LogP contribution in [0.3, 0.4) is 0 Å². The first kappa shape index (κ1) is 9.26. The molecule has 5 heteroatoms. The Morgan fingerprint density at radius 1 is 1.40 bits per heavy atom. The van der Waals surface area contributed by atoms with Crippen LogP contribution in [0.2, 0.25) is 0 Å². The van der Waals surface area contributed by atoms with Crippen LogP contribution in [0.5, 0.6) is 0 Å². The highest BCUT2D eigenvalue weighted by atomic mass is 16.4. The lowest BCUT2D eigenvalue weighted by molar-refractivity contribution is 0.0699. The summed E-state index contributed by atoms with van der Waals surface area (Å²) in [6.45, 7) is 0. The first-order valence-corrected chi connectivity index (χ1v) is 4.24. The fraction of sp³-hybridized carbons (Fsp3) is 0. The monoisotopic (exact) mass is 204 g/mol. The number of carbonyl (C=O) groups is 1. The van der Waals surface area contributed by atoms with Crippen molar-refractivity contribution in [3.63, 3.8) is 0 Å². The van der Waals surface area contributed by atoms with E-state index in [0.29, 0.717) is 5.52 Å². The molecule has 0 spiro atoms. The van der Waals surface area contributed by atoms with Gasteiger partial charge >= 0.3 is 5.97 Å². The molecule has 0 atom stereocenters. The highest BCUT2D eigenvalue weighted by Crippen LogP contribution is 2.15. The lowest BCUT2D eigenvalue weighted by Crippen LogP contribution is -2.17. The molecule has 0 amide bonds. The third-order valence-corrected chi connectivity index (χ3v) is 2.13. The zero-order valence-electron chi connectivity index (χ0n) is 7.68. The molecule has 0 bridgehead atoms. The summed E-state index contributed by atoms with van der Waals surface area (Å²) in [6, 6.07) is 5.95. The summed E-state index contributed by atoms with van der Waals surface area (Å²) in [5, 5.41) is 8.96. The van der Waals surface area contributed by atoms with E-state index in [1.807, 2.05) is 0 Å².